The summed E-state index contributed by atoms with van der Waals surface area (Å²) in [7, 11) is 0. The first-order chi connectivity index (χ1) is 8.95. The molecule has 0 aliphatic carbocycles. The van der Waals surface area contributed by atoms with Crippen molar-refractivity contribution in [3.63, 3.8) is 0 Å². The van der Waals surface area contributed by atoms with Gasteiger partial charge in [0, 0.05) is 11.1 Å². The second-order valence-electron chi connectivity index (χ2n) is 4.37. The lowest BCUT2D eigenvalue weighted by molar-refractivity contribution is 0.0981. The largest absolute Gasteiger partial charge is 0.294 e. The van der Waals surface area contributed by atoms with Crippen LogP contribution in [0.3, 0.4) is 0 Å². The van der Waals surface area contributed by atoms with E-state index in [1.165, 1.54) is 33.1 Å². The Balaban J connectivity index is 0. The molecule has 2 nitrogen and oxygen atoms in total. The third kappa shape index (κ3) is 10.2. The average molecular weight is 264 g/mol. The van der Waals surface area contributed by atoms with E-state index in [0.29, 0.717) is 11.1 Å². The van der Waals surface area contributed by atoms with Crippen LogP contribution >= 0.6 is 0 Å². The van der Waals surface area contributed by atoms with Crippen molar-refractivity contribution in [1.29, 1.82) is 0 Å². The van der Waals surface area contributed by atoms with Crippen molar-refractivity contribution in [3.8, 4) is 0 Å². The third-order valence-electron chi connectivity index (χ3n) is 2.19. The van der Waals surface area contributed by atoms with Gasteiger partial charge in [0.25, 0.3) is 0 Å². The predicted octanol–water partition coefficient (Wildman–Crippen LogP) is 5.31. The molecule has 0 saturated heterocycles. The summed E-state index contributed by atoms with van der Waals surface area (Å²) in [6.07, 6.45) is 3.89. The molecule has 0 aromatic heterocycles. The van der Waals surface area contributed by atoms with E-state index in [4.69, 9.17) is 0 Å². The first-order valence-electron chi connectivity index (χ1n) is 7.06. The monoisotopic (exact) mass is 264 g/mol. The van der Waals surface area contributed by atoms with Crippen molar-refractivity contribution in [1.82, 2.24) is 0 Å². The lowest BCUT2D eigenvalue weighted by Gasteiger charge is -2.00. The molecular weight excluding hydrogens is 236 g/mol. The zero-order valence-electron chi connectivity index (χ0n) is 13.2. The third-order valence-corrected chi connectivity index (χ3v) is 2.19. The normalized spacial score (nSPS) is 8.53. The minimum atomic E-state index is -0.0687. The highest BCUT2D eigenvalue weighted by molar-refractivity contribution is 6.07. The number of rotatable bonds is 3. The number of benzene rings is 1. The molecule has 1 aromatic carbocycles. The molecule has 0 saturated carbocycles. The molecule has 0 atom stereocenters. The van der Waals surface area contributed by atoms with Gasteiger partial charge in [0.2, 0.25) is 0 Å². The topological polar surface area (TPSA) is 34.1 Å². The Morgan fingerprint density at radius 2 is 1.05 bits per heavy atom. The fourth-order valence-electron chi connectivity index (χ4n) is 1.10. The maximum absolute atomic E-state index is 11.0. The van der Waals surface area contributed by atoms with E-state index in [2.05, 4.69) is 27.7 Å². The number of Topliss-reactive ketones (excluding diaryl/α,β-unsaturated/α-hetero) is 2. The Morgan fingerprint density at radius 1 is 0.789 bits per heavy atom. The number of carbonyl (C=O) groups excluding carboxylic acids is 2. The highest BCUT2D eigenvalue weighted by atomic mass is 16.1. The van der Waals surface area contributed by atoms with Crippen molar-refractivity contribution in [2.24, 2.45) is 0 Å². The van der Waals surface area contributed by atoms with E-state index in [9.17, 15) is 9.59 Å². The molecule has 108 valence electrons. The van der Waals surface area contributed by atoms with Gasteiger partial charge in [0.1, 0.15) is 0 Å². The highest BCUT2D eigenvalue weighted by Gasteiger charge is 2.08. The van der Waals surface area contributed by atoms with E-state index < -0.39 is 0 Å². The van der Waals surface area contributed by atoms with Gasteiger partial charge in [-0.1, -0.05) is 71.2 Å². The molecule has 0 bridgehead atoms. The Labute approximate surface area is 118 Å². The van der Waals surface area contributed by atoms with Crippen molar-refractivity contribution < 1.29 is 9.59 Å². The van der Waals surface area contributed by atoms with Crippen molar-refractivity contribution in [2.45, 2.75) is 60.8 Å². The van der Waals surface area contributed by atoms with Gasteiger partial charge >= 0.3 is 0 Å². The molecule has 0 unspecified atom stereocenters. The van der Waals surface area contributed by atoms with Gasteiger partial charge in [-0.05, 0) is 13.8 Å². The average Bonchev–Trinajstić information content (AvgIpc) is 2.39. The molecule has 0 amide bonds. The van der Waals surface area contributed by atoms with Gasteiger partial charge < -0.3 is 0 Å². The maximum atomic E-state index is 11.0. The summed E-state index contributed by atoms with van der Waals surface area (Å²) >= 11 is 0. The van der Waals surface area contributed by atoms with Gasteiger partial charge in [-0.2, -0.15) is 0 Å². The van der Waals surface area contributed by atoms with E-state index in [1.54, 1.807) is 24.3 Å². The molecule has 0 aliphatic heterocycles. The molecule has 1 rings (SSSR count). The molecule has 0 heterocycles. The lowest BCUT2D eigenvalue weighted by atomic mass is 10.0. The van der Waals surface area contributed by atoms with Crippen LogP contribution in [0, 0.1) is 0 Å². The Hall–Kier alpha value is -1.44. The van der Waals surface area contributed by atoms with Crippen LogP contribution in [0.15, 0.2) is 24.3 Å². The summed E-state index contributed by atoms with van der Waals surface area (Å²) in [6.45, 7) is 11.5. The van der Waals surface area contributed by atoms with Gasteiger partial charge in [0.05, 0.1) is 0 Å². The van der Waals surface area contributed by atoms with Gasteiger partial charge in [-0.15, -0.1) is 0 Å². The van der Waals surface area contributed by atoms with Crippen LogP contribution in [-0.4, -0.2) is 11.6 Å². The number of ketones is 2. The van der Waals surface area contributed by atoms with Crippen molar-refractivity contribution in [2.75, 3.05) is 0 Å². The van der Waals surface area contributed by atoms with E-state index in [0.717, 1.165) is 0 Å². The minimum absolute atomic E-state index is 0.0687. The molecule has 0 radical (unpaired) electrons. The van der Waals surface area contributed by atoms with E-state index in [1.807, 2.05) is 0 Å². The molecule has 0 fully saturated rings. The SMILES string of the molecule is CC(=O)c1ccccc1C(C)=O.CCC.CCCC. The minimum Gasteiger partial charge on any atom is -0.294 e. The molecule has 0 aliphatic rings. The molecule has 19 heavy (non-hydrogen) atoms. The van der Waals surface area contributed by atoms with Crippen LogP contribution in [0.5, 0.6) is 0 Å². The summed E-state index contributed by atoms with van der Waals surface area (Å²) in [4.78, 5) is 22.0. The zero-order chi connectivity index (χ0) is 15.3. The van der Waals surface area contributed by atoms with Crippen LogP contribution in [0.25, 0.3) is 0 Å². The van der Waals surface area contributed by atoms with Crippen LogP contribution in [0.4, 0.5) is 0 Å². The van der Waals surface area contributed by atoms with Crippen LogP contribution in [0.2, 0.25) is 0 Å². The number of carbonyl (C=O) groups is 2. The van der Waals surface area contributed by atoms with Crippen LogP contribution in [-0.2, 0) is 0 Å². The number of unbranched alkanes of at least 4 members (excludes halogenated alkanes) is 1. The summed E-state index contributed by atoms with van der Waals surface area (Å²) < 4.78 is 0. The fourth-order valence-corrected chi connectivity index (χ4v) is 1.10. The maximum Gasteiger partial charge on any atom is 0.160 e. The van der Waals surface area contributed by atoms with Crippen LogP contribution in [0.1, 0.15) is 81.5 Å². The molecule has 0 N–H and O–H groups in total. The molecule has 1 aromatic rings. The fraction of sp³-hybridized carbons (Fsp3) is 0.529. The standard InChI is InChI=1S/C10H10O2.C4H10.C3H8/c1-7(11)9-5-3-4-6-10(9)8(2)12;1-3-4-2;1-3-2/h3-6H,1-2H3;3-4H2,1-2H3;3H2,1-2H3. The number of hydrogen-bond donors (Lipinski definition) is 0. The first-order valence-corrected chi connectivity index (χ1v) is 7.06. The van der Waals surface area contributed by atoms with E-state index >= 15 is 0 Å². The molecular formula is C17H28O2. The van der Waals surface area contributed by atoms with E-state index in [-0.39, 0.29) is 11.6 Å². The summed E-state index contributed by atoms with van der Waals surface area (Å²) in [5.74, 6) is -0.137. The van der Waals surface area contributed by atoms with Crippen molar-refractivity contribution in [3.05, 3.63) is 35.4 Å². The smallest absolute Gasteiger partial charge is 0.160 e. The second kappa shape index (κ2) is 13.0. The summed E-state index contributed by atoms with van der Waals surface area (Å²) in [5.41, 5.74) is 1.01. The van der Waals surface area contributed by atoms with Gasteiger partial charge in [-0.3, -0.25) is 9.59 Å². The molecule has 2 heteroatoms. The highest BCUT2D eigenvalue weighted by Crippen LogP contribution is 2.09. The first kappa shape index (κ1) is 19.9. The second-order valence-corrected chi connectivity index (χ2v) is 4.37. The Kier molecular flexibility index (Phi) is 13.6. The zero-order valence-corrected chi connectivity index (χ0v) is 13.2. The Morgan fingerprint density at radius 3 is 1.21 bits per heavy atom. The number of hydrogen-bond acceptors (Lipinski definition) is 2. The summed E-state index contributed by atoms with van der Waals surface area (Å²) in [6, 6.07) is 6.84. The van der Waals surface area contributed by atoms with Gasteiger partial charge in [-0.25, -0.2) is 0 Å². The lowest BCUT2D eigenvalue weighted by Crippen LogP contribution is -2.02. The molecule has 0 spiro atoms. The quantitative estimate of drug-likeness (QED) is 0.693. The Bertz CT molecular complexity index is 332. The predicted molar refractivity (Wildman–Crippen MR) is 83.0 cm³/mol. The van der Waals surface area contributed by atoms with Gasteiger partial charge in [0.15, 0.2) is 11.6 Å². The summed E-state index contributed by atoms with van der Waals surface area (Å²) in [5, 5.41) is 0. The van der Waals surface area contributed by atoms with Crippen LogP contribution < -0.4 is 0 Å². The van der Waals surface area contributed by atoms with Crippen molar-refractivity contribution >= 4 is 11.6 Å².